The summed E-state index contributed by atoms with van der Waals surface area (Å²) in [5.74, 6) is 0.151. The minimum atomic E-state index is -0.166. The van der Waals surface area contributed by atoms with Gasteiger partial charge in [-0.2, -0.15) is 0 Å². The summed E-state index contributed by atoms with van der Waals surface area (Å²) in [6, 6.07) is 1.97. The SMILES string of the molecule is C=CC1=C(C=C)C(=O)CC2(CCN(C=O)CC2)S1.CCNC(=O)Nc1sc2nc(C)c(C)cc2c1C. The number of Topliss-reactive ketones (excluding diaryl/α,β-unsaturated/α-hetero) is 1. The lowest BCUT2D eigenvalue weighted by Crippen LogP contribution is -2.44. The number of pyridine rings is 1. The fraction of sp³-hybridized carbons (Fsp3) is 0.407. The Morgan fingerprint density at radius 3 is 2.50 bits per heavy atom. The van der Waals surface area contributed by atoms with Crippen molar-refractivity contribution >= 4 is 56.5 Å². The number of thiophene rings is 1. The molecule has 2 aliphatic heterocycles. The van der Waals surface area contributed by atoms with Gasteiger partial charge in [0.15, 0.2) is 5.78 Å². The molecule has 1 spiro atoms. The minimum absolute atomic E-state index is 0.0490. The highest BCUT2D eigenvalue weighted by molar-refractivity contribution is 8.04. The number of carbonyl (C=O) groups is 3. The Balaban J connectivity index is 0.000000201. The molecule has 2 aromatic rings. The Morgan fingerprint density at radius 2 is 1.92 bits per heavy atom. The van der Waals surface area contributed by atoms with E-state index in [-0.39, 0.29) is 16.6 Å². The molecule has 1 saturated heterocycles. The summed E-state index contributed by atoms with van der Waals surface area (Å²) in [5.41, 5.74) is 3.98. The number of carbonyl (C=O) groups excluding carboxylic acids is 3. The van der Waals surface area contributed by atoms with Crippen LogP contribution in [0.25, 0.3) is 10.2 Å². The number of urea groups is 1. The van der Waals surface area contributed by atoms with Gasteiger partial charge in [-0.3, -0.25) is 14.9 Å². The molecule has 3 amide bonds. The lowest BCUT2D eigenvalue weighted by molar-refractivity contribution is -0.119. The van der Waals surface area contributed by atoms with E-state index in [0.29, 0.717) is 18.5 Å². The molecule has 4 heterocycles. The molecule has 7 nitrogen and oxygen atoms in total. The first-order chi connectivity index (χ1) is 17.2. The summed E-state index contributed by atoms with van der Waals surface area (Å²) in [7, 11) is 0. The molecule has 0 saturated carbocycles. The van der Waals surface area contributed by atoms with Crippen LogP contribution in [0, 0.1) is 20.8 Å². The van der Waals surface area contributed by atoms with Crippen LogP contribution in [0.4, 0.5) is 9.80 Å². The van der Waals surface area contributed by atoms with Crippen LogP contribution in [0.3, 0.4) is 0 Å². The zero-order valence-electron chi connectivity index (χ0n) is 21.4. The highest BCUT2D eigenvalue weighted by Gasteiger charge is 2.41. The third kappa shape index (κ3) is 6.07. The molecule has 0 aliphatic carbocycles. The first-order valence-electron chi connectivity index (χ1n) is 12.0. The molecule has 0 aromatic carbocycles. The number of likely N-dealkylation sites (tertiary alicyclic amines) is 1. The molecule has 0 atom stereocenters. The van der Waals surface area contributed by atoms with Crippen molar-refractivity contribution in [3.8, 4) is 0 Å². The number of aryl methyl sites for hydroxylation is 3. The summed E-state index contributed by atoms with van der Waals surface area (Å²) in [6.07, 6.45) is 6.53. The van der Waals surface area contributed by atoms with E-state index < -0.39 is 0 Å². The van der Waals surface area contributed by atoms with Gasteiger partial charge in [-0.05, 0) is 57.7 Å². The molecule has 4 rings (SSSR count). The standard InChI is InChI=1S/C14H17NO2S.C13H17N3OS/c1-3-11-12(17)9-14(18-13(11)4-2)5-7-15(10-16)8-6-14;1-5-14-13(17)16-11-8(3)10-6-7(2)9(4)15-12(10)18-11/h3-4,10H,1-2,5-9H2;6H,5H2,1-4H3,(H2,14,16,17). The maximum Gasteiger partial charge on any atom is 0.319 e. The number of nitrogens with zero attached hydrogens (tertiary/aromatic N) is 2. The van der Waals surface area contributed by atoms with Gasteiger partial charge in [-0.25, -0.2) is 9.78 Å². The van der Waals surface area contributed by atoms with Gasteiger partial charge < -0.3 is 10.2 Å². The van der Waals surface area contributed by atoms with Gasteiger partial charge in [0.25, 0.3) is 0 Å². The van der Waals surface area contributed by atoms with Crippen molar-refractivity contribution < 1.29 is 14.4 Å². The Kier molecular flexibility index (Phi) is 9.13. The summed E-state index contributed by atoms with van der Waals surface area (Å²) < 4.78 is -0.0490. The number of nitrogens with one attached hydrogen (secondary N) is 2. The van der Waals surface area contributed by atoms with Crippen molar-refractivity contribution in [1.29, 1.82) is 0 Å². The quantitative estimate of drug-likeness (QED) is 0.490. The van der Waals surface area contributed by atoms with Crippen molar-refractivity contribution in [3.05, 3.63) is 58.7 Å². The second-order valence-corrected chi connectivity index (χ2v) is 11.5. The van der Waals surface area contributed by atoms with Crippen molar-refractivity contribution in [3.63, 3.8) is 0 Å². The van der Waals surface area contributed by atoms with Gasteiger partial charge in [0.2, 0.25) is 6.41 Å². The van der Waals surface area contributed by atoms with Crippen LogP contribution in [0.1, 0.15) is 43.0 Å². The Morgan fingerprint density at radius 1 is 1.22 bits per heavy atom. The molecular formula is C27H34N4O3S2. The van der Waals surface area contributed by atoms with Crippen molar-refractivity contribution in [2.75, 3.05) is 25.0 Å². The third-order valence-corrected chi connectivity index (χ3v) is 9.27. The van der Waals surface area contributed by atoms with Crippen molar-refractivity contribution in [2.24, 2.45) is 0 Å². The fourth-order valence-corrected chi connectivity index (χ4v) is 6.84. The van der Waals surface area contributed by atoms with Crippen LogP contribution in [0.15, 0.2) is 41.9 Å². The topological polar surface area (TPSA) is 91.4 Å². The molecule has 0 unspecified atom stereocenters. The summed E-state index contributed by atoms with van der Waals surface area (Å²) in [5, 5.41) is 7.58. The number of allylic oxidation sites excluding steroid dienone is 3. The van der Waals surface area contributed by atoms with E-state index in [1.165, 1.54) is 16.9 Å². The van der Waals surface area contributed by atoms with E-state index in [2.05, 4.69) is 41.8 Å². The average Bonchev–Trinajstić information content (AvgIpc) is 3.14. The number of aromatic nitrogens is 1. The van der Waals surface area contributed by atoms with E-state index >= 15 is 0 Å². The van der Waals surface area contributed by atoms with Crippen LogP contribution in [0.2, 0.25) is 0 Å². The maximum atomic E-state index is 12.1. The second-order valence-electron chi connectivity index (χ2n) is 9.00. The average molecular weight is 527 g/mol. The molecule has 192 valence electrons. The Labute approximate surface area is 221 Å². The number of hydrogen-bond donors (Lipinski definition) is 2. The van der Waals surface area contributed by atoms with E-state index in [4.69, 9.17) is 0 Å². The van der Waals surface area contributed by atoms with Crippen molar-refractivity contribution in [2.45, 2.75) is 51.7 Å². The number of hydrogen-bond acceptors (Lipinski definition) is 6. The molecular weight excluding hydrogens is 492 g/mol. The predicted molar refractivity (Wildman–Crippen MR) is 151 cm³/mol. The van der Waals surface area contributed by atoms with Crippen LogP contribution < -0.4 is 10.6 Å². The van der Waals surface area contributed by atoms with E-state index in [1.54, 1.807) is 28.8 Å². The van der Waals surface area contributed by atoms with Crippen LogP contribution in [-0.2, 0) is 9.59 Å². The van der Waals surface area contributed by atoms with E-state index in [1.807, 2.05) is 20.8 Å². The second kappa shape index (κ2) is 11.9. The van der Waals surface area contributed by atoms with E-state index in [0.717, 1.165) is 63.7 Å². The molecule has 1 fully saturated rings. The minimum Gasteiger partial charge on any atom is -0.345 e. The number of rotatable bonds is 5. The van der Waals surface area contributed by atoms with Crippen LogP contribution in [0.5, 0.6) is 0 Å². The number of thioether (sulfide) groups is 1. The molecule has 2 aliphatic rings. The molecule has 2 aromatic heterocycles. The lowest BCUT2D eigenvalue weighted by Gasteiger charge is -2.42. The van der Waals surface area contributed by atoms with E-state index in [9.17, 15) is 14.4 Å². The Hall–Kier alpha value is -2.91. The lowest BCUT2D eigenvalue weighted by atomic mass is 9.88. The number of piperidine rings is 1. The van der Waals surface area contributed by atoms with Gasteiger partial charge >= 0.3 is 6.03 Å². The number of fused-ring (bicyclic) bond motifs is 1. The Bertz CT molecular complexity index is 1220. The molecule has 36 heavy (non-hydrogen) atoms. The zero-order chi connectivity index (χ0) is 26.5. The largest absolute Gasteiger partial charge is 0.345 e. The molecule has 0 bridgehead atoms. The van der Waals surface area contributed by atoms with Crippen molar-refractivity contribution in [1.82, 2.24) is 15.2 Å². The number of ketones is 1. The predicted octanol–water partition coefficient (Wildman–Crippen LogP) is 5.67. The molecule has 2 N–H and O–H groups in total. The molecule has 9 heteroatoms. The van der Waals surface area contributed by atoms with Crippen LogP contribution in [-0.4, -0.2) is 52.5 Å². The first kappa shape index (κ1) is 27.7. The highest BCUT2D eigenvalue weighted by atomic mass is 32.2. The van der Waals surface area contributed by atoms with Gasteiger partial charge in [-0.15, -0.1) is 11.8 Å². The third-order valence-electron chi connectivity index (χ3n) is 6.56. The fourth-order valence-electron chi connectivity index (χ4n) is 4.28. The van der Waals surface area contributed by atoms with Gasteiger partial charge in [0, 0.05) is 52.4 Å². The smallest absolute Gasteiger partial charge is 0.319 e. The highest BCUT2D eigenvalue weighted by Crippen LogP contribution is 2.48. The number of anilines is 1. The summed E-state index contributed by atoms with van der Waals surface area (Å²) >= 11 is 3.25. The maximum absolute atomic E-state index is 12.1. The first-order valence-corrected chi connectivity index (χ1v) is 13.6. The van der Waals surface area contributed by atoms with Gasteiger partial charge in [-0.1, -0.05) is 36.6 Å². The number of amides is 3. The monoisotopic (exact) mass is 526 g/mol. The van der Waals surface area contributed by atoms with Gasteiger partial charge in [0.1, 0.15) is 9.83 Å². The molecule has 0 radical (unpaired) electrons. The summed E-state index contributed by atoms with van der Waals surface area (Å²) in [6.45, 7) is 17.5. The summed E-state index contributed by atoms with van der Waals surface area (Å²) in [4.78, 5) is 42.6. The normalized spacial score (nSPS) is 16.9. The zero-order valence-corrected chi connectivity index (χ0v) is 23.0. The van der Waals surface area contributed by atoms with Gasteiger partial charge in [0.05, 0.1) is 0 Å². The van der Waals surface area contributed by atoms with Crippen LogP contribution >= 0.6 is 23.1 Å².